The van der Waals surface area contributed by atoms with Gasteiger partial charge in [-0.05, 0) is 19.9 Å². The monoisotopic (exact) mass is 257 g/mol. The number of nitrogens with one attached hydrogen (secondary N) is 2. The van der Waals surface area contributed by atoms with Crippen molar-refractivity contribution in [1.82, 2.24) is 15.5 Å². The lowest BCUT2D eigenvalue weighted by Gasteiger charge is -2.32. The number of rotatable bonds is 7. The van der Waals surface area contributed by atoms with Crippen LogP contribution in [0.1, 0.15) is 27.2 Å². The lowest BCUT2D eigenvalue weighted by molar-refractivity contribution is -0.121. The van der Waals surface area contributed by atoms with E-state index in [1.54, 1.807) is 0 Å². The molecule has 0 bridgehead atoms. The predicted molar refractivity (Wildman–Crippen MR) is 72.6 cm³/mol. The molecule has 1 rings (SSSR count). The fourth-order valence-corrected chi connectivity index (χ4v) is 1.97. The fourth-order valence-electron chi connectivity index (χ4n) is 1.97. The van der Waals surface area contributed by atoms with Crippen LogP contribution in [0.2, 0.25) is 0 Å². The van der Waals surface area contributed by atoms with Crippen LogP contribution in [0.5, 0.6) is 0 Å². The van der Waals surface area contributed by atoms with Crippen LogP contribution < -0.4 is 10.6 Å². The molecule has 18 heavy (non-hydrogen) atoms. The summed E-state index contributed by atoms with van der Waals surface area (Å²) in [7, 11) is 0. The average molecular weight is 257 g/mol. The van der Waals surface area contributed by atoms with Gasteiger partial charge in [0.15, 0.2) is 0 Å². The smallest absolute Gasteiger partial charge is 0.234 e. The summed E-state index contributed by atoms with van der Waals surface area (Å²) in [6.45, 7) is 11.2. The second-order valence-electron chi connectivity index (χ2n) is 4.89. The highest BCUT2D eigenvalue weighted by Gasteiger charge is 2.18. The van der Waals surface area contributed by atoms with Gasteiger partial charge in [-0.3, -0.25) is 9.69 Å². The Balaban J connectivity index is 2.11. The number of likely N-dealkylation sites (N-methyl/N-ethyl adjacent to an activating group) is 1. The zero-order valence-electron chi connectivity index (χ0n) is 11.9. The molecule has 2 N–H and O–H groups in total. The molecule has 0 aromatic rings. The fraction of sp³-hybridized carbons (Fsp3) is 0.923. The number of ether oxygens (including phenoxy) is 1. The molecule has 2 atom stereocenters. The van der Waals surface area contributed by atoms with Gasteiger partial charge in [0.05, 0.1) is 19.3 Å². The Morgan fingerprint density at radius 1 is 1.50 bits per heavy atom. The van der Waals surface area contributed by atoms with E-state index in [9.17, 15) is 4.79 Å². The summed E-state index contributed by atoms with van der Waals surface area (Å²) >= 11 is 0. The number of amides is 1. The van der Waals surface area contributed by atoms with Crippen LogP contribution in [0.3, 0.4) is 0 Å². The average Bonchev–Trinajstić information content (AvgIpc) is 2.38. The van der Waals surface area contributed by atoms with Crippen LogP contribution in [0.4, 0.5) is 0 Å². The highest BCUT2D eigenvalue weighted by Crippen LogP contribution is 2.03. The van der Waals surface area contributed by atoms with Crippen molar-refractivity contribution < 1.29 is 9.53 Å². The molecular weight excluding hydrogens is 230 g/mol. The van der Waals surface area contributed by atoms with Gasteiger partial charge in [0.2, 0.25) is 5.91 Å². The first-order valence-electron chi connectivity index (χ1n) is 6.99. The lowest BCUT2D eigenvalue weighted by Crippen LogP contribution is -2.48. The van der Waals surface area contributed by atoms with Crippen LogP contribution in [0.15, 0.2) is 0 Å². The first kappa shape index (κ1) is 15.4. The van der Waals surface area contributed by atoms with Crippen molar-refractivity contribution in [1.29, 1.82) is 0 Å². The van der Waals surface area contributed by atoms with Gasteiger partial charge < -0.3 is 15.4 Å². The Labute approximate surface area is 110 Å². The summed E-state index contributed by atoms with van der Waals surface area (Å²) in [6.07, 6.45) is 1.17. The third kappa shape index (κ3) is 5.80. The summed E-state index contributed by atoms with van der Waals surface area (Å²) in [5, 5.41) is 6.10. The van der Waals surface area contributed by atoms with Crippen molar-refractivity contribution in [3.63, 3.8) is 0 Å². The zero-order valence-corrected chi connectivity index (χ0v) is 11.9. The molecule has 5 nitrogen and oxygen atoms in total. The van der Waals surface area contributed by atoms with E-state index in [-0.39, 0.29) is 18.1 Å². The molecule has 0 aromatic heterocycles. The van der Waals surface area contributed by atoms with E-state index in [0.29, 0.717) is 6.54 Å². The molecule has 0 saturated carbocycles. The molecule has 1 heterocycles. The molecule has 2 unspecified atom stereocenters. The highest BCUT2D eigenvalue weighted by atomic mass is 16.5. The van der Waals surface area contributed by atoms with Crippen LogP contribution in [-0.4, -0.2) is 62.3 Å². The summed E-state index contributed by atoms with van der Waals surface area (Å²) in [5.74, 6) is 0.0625. The number of hydrogen-bond donors (Lipinski definition) is 2. The zero-order chi connectivity index (χ0) is 13.4. The minimum absolute atomic E-state index is 0.0625. The largest absolute Gasteiger partial charge is 0.374 e. The van der Waals surface area contributed by atoms with Gasteiger partial charge in [0, 0.05) is 25.7 Å². The van der Waals surface area contributed by atoms with E-state index in [2.05, 4.69) is 29.4 Å². The maximum absolute atomic E-state index is 11.5. The molecule has 1 aliphatic rings. The predicted octanol–water partition coefficient (Wildman–Crippen LogP) is 0.211. The standard InChI is InChI=1S/C13H27N3O2/c1-4-11(3)15-13(17)9-14-8-12-10-16(5-2)6-7-18-12/h11-12,14H,4-10H2,1-3H3,(H,15,17). The molecule has 0 radical (unpaired) electrons. The van der Waals surface area contributed by atoms with E-state index in [1.807, 2.05) is 6.92 Å². The summed E-state index contributed by atoms with van der Waals surface area (Å²) in [6, 6.07) is 0.251. The number of hydrogen-bond acceptors (Lipinski definition) is 4. The minimum Gasteiger partial charge on any atom is -0.374 e. The number of carbonyl (C=O) groups is 1. The van der Waals surface area contributed by atoms with Crippen molar-refractivity contribution in [3.05, 3.63) is 0 Å². The van der Waals surface area contributed by atoms with Crippen molar-refractivity contribution in [3.8, 4) is 0 Å². The Morgan fingerprint density at radius 2 is 2.28 bits per heavy atom. The molecule has 0 aliphatic carbocycles. The third-order valence-electron chi connectivity index (χ3n) is 3.35. The Kier molecular flexibility index (Phi) is 7.23. The molecule has 1 amide bonds. The first-order chi connectivity index (χ1) is 8.65. The van der Waals surface area contributed by atoms with Gasteiger partial charge in [0.25, 0.3) is 0 Å². The van der Waals surface area contributed by atoms with E-state index in [1.165, 1.54) is 0 Å². The Morgan fingerprint density at radius 3 is 2.94 bits per heavy atom. The van der Waals surface area contributed by atoms with Gasteiger partial charge in [-0.15, -0.1) is 0 Å². The molecule has 0 aromatic carbocycles. The lowest BCUT2D eigenvalue weighted by atomic mass is 10.2. The molecule has 1 fully saturated rings. The quantitative estimate of drug-likeness (QED) is 0.685. The SMILES string of the molecule is CCC(C)NC(=O)CNCC1CN(CC)CCO1. The van der Waals surface area contributed by atoms with Crippen LogP contribution >= 0.6 is 0 Å². The van der Waals surface area contributed by atoms with Crippen LogP contribution in [-0.2, 0) is 9.53 Å². The van der Waals surface area contributed by atoms with Crippen molar-refractivity contribution in [2.75, 3.05) is 39.3 Å². The molecule has 1 aliphatic heterocycles. The molecule has 1 saturated heterocycles. The third-order valence-corrected chi connectivity index (χ3v) is 3.35. The number of morpholine rings is 1. The van der Waals surface area contributed by atoms with Gasteiger partial charge in [-0.1, -0.05) is 13.8 Å². The highest BCUT2D eigenvalue weighted by molar-refractivity contribution is 5.78. The van der Waals surface area contributed by atoms with Crippen molar-refractivity contribution in [2.24, 2.45) is 0 Å². The number of carbonyl (C=O) groups excluding carboxylic acids is 1. The van der Waals surface area contributed by atoms with Gasteiger partial charge >= 0.3 is 0 Å². The van der Waals surface area contributed by atoms with Gasteiger partial charge in [0.1, 0.15) is 0 Å². The Hall–Kier alpha value is -0.650. The molecular formula is C13H27N3O2. The van der Waals surface area contributed by atoms with Crippen LogP contribution in [0.25, 0.3) is 0 Å². The second kappa shape index (κ2) is 8.45. The summed E-state index contributed by atoms with van der Waals surface area (Å²) in [4.78, 5) is 13.9. The molecule has 106 valence electrons. The summed E-state index contributed by atoms with van der Waals surface area (Å²) in [5.41, 5.74) is 0. The van der Waals surface area contributed by atoms with Crippen LogP contribution in [0, 0.1) is 0 Å². The molecule has 5 heteroatoms. The topological polar surface area (TPSA) is 53.6 Å². The van der Waals surface area contributed by atoms with E-state index in [4.69, 9.17) is 4.74 Å². The van der Waals surface area contributed by atoms with Crippen molar-refractivity contribution in [2.45, 2.75) is 39.3 Å². The second-order valence-corrected chi connectivity index (χ2v) is 4.89. The maximum Gasteiger partial charge on any atom is 0.234 e. The van der Waals surface area contributed by atoms with Gasteiger partial charge in [-0.2, -0.15) is 0 Å². The first-order valence-corrected chi connectivity index (χ1v) is 6.99. The Bertz CT molecular complexity index is 248. The summed E-state index contributed by atoms with van der Waals surface area (Å²) < 4.78 is 5.66. The normalized spacial score (nSPS) is 22.7. The van der Waals surface area contributed by atoms with Crippen molar-refractivity contribution >= 4 is 5.91 Å². The molecule has 0 spiro atoms. The maximum atomic E-state index is 11.5. The number of nitrogens with zero attached hydrogens (tertiary/aromatic N) is 1. The van der Waals surface area contributed by atoms with E-state index >= 15 is 0 Å². The van der Waals surface area contributed by atoms with E-state index < -0.39 is 0 Å². The minimum atomic E-state index is 0.0625. The van der Waals surface area contributed by atoms with Gasteiger partial charge in [-0.25, -0.2) is 0 Å². The van der Waals surface area contributed by atoms with E-state index in [0.717, 1.165) is 39.2 Å².